The van der Waals surface area contributed by atoms with E-state index in [1.807, 2.05) is 23.7 Å². The van der Waals surface area contributed by atoms with Crippen LogP contribution in [-0.4, -0.2) is 4.98 Å². The van der Waals surface area contributed by atoms with Crippen molar-refractivity contribution in [2.45, 2.75) is 52.4 Å². The van der Waals surface area contributed by atoms with Gasteiger partial charge in [0.15, 0.2) is 11.4 Å². The second-order valence-electron chi connectivity index (χ2n) is 9.43. The molecule has 0 radical (unpaired) electrons. The molecule has 0 amide bonds. The predicted molar refractivity (Wildman–Crippen MR) is 116 cm³/mol. The van der Waals surface area contributed by atoms with Crippen molar-refractivity contribution >= 4 is 32.5 Å². The number of aryl methyl sites for hydroxylation is 2. The smallest absolute Gasteiger partial charge is 0.288 e. The van der Waals surface area contributed by atoms with Gasteiger partial charge in [0.2, 0.25) is 4.83 Å². The Morgan fingerprint density at radius 1 is 1.24 bits per heavy atom. The molecular formula is C24H25N2O2S+. The summed E-state index contributed by atoms with van der Waals surface area (Å²) in [5.74, 6) is 2.49. The van der Waals surface area contributed by atoms with Gasteiger partial charge in [0.05, 0.1) is 23.8 Å². The number of benzene rings is 1. The maximum atomic E-state index is 6.64. The van der Waals surface area contributed by atoms with E-state index in [0.29, 0.717) is 11.3 Å². The van der Waals surface area contributed by atoms with Crippen LogP contribution in [0.4, 0.5) is 0 Å². The number of furan rings is 1. The first-order valence-corrected chi connectivity index (χ1v) is 11.2. The lowest BCUT2D eigenvalue weighted by Crippen LogP contribution is -2.32. The van der Waals surface area contributed by atoms with Crippen molar-refractivity contribution in [3.05, 3.63) is 35.2 Å². The third-order valence-electron chi connectivity index (χ3n) is 6.95. The van der Waals surface area contributed by atoms with Gasteiger partial charge in [0.25, 0.3) is 6.33 Å². The standard InChI is InChI=1S/C24H25N2O2S/c1-13-15-7-10-27-16(15)11-17-18(13)20-19-21(28-17)22(29-23(19)25-12-26(20)4)14-5-8-24(2,3)9-6-14/h7,10-12,14H,5-6,8-9H2,1-4H3/q+1. The van der Waals surface area contributed by atoms with E-state index in [1.54, 1.807) is 6.26 Å². The molecule has 1 saturated carbocycles. The van der Waals surface area contributed by atoms with Crippen molar-refractivity contribution in [2.24, 2.45) is 12.5 Å². The summed E-state index contributed by atoms with van der Waals surface area (Å²) >= 11 is 1.83. The van der Waals surface area contributed by atoms with Crippen LogP contribution in [0.15, 0.2) is 29.1 Å². The van der Waals surface area contributed by atoms with E-state index >= 15 is 0 Å². The van der Waals surface area contributed by atoms with Crippen LogP contribution in [-0.2, 0) is 7.05 Å². The molecule has 1 aliphatic carbocycles. The Kier molecular flexibility index (Phi) is 3.50. The van der Waals surface area contributed by atoms with Gasteiger partial charge in [0.1, 0.15) is 16.7 Å². The normalized spacial score (nSPS) is 18.2. The molecule has 29 heavy (non-hydrogen) atoms. The topological polar surface area (TPSA) is 39.1 Å². The zero-order valence-electron chi connectivity index (χ0n) is 17.3. The lowest BCUT2D eigenvalue weighted by atomic mass is 9.72. The van der Waals surface area contributed by atoms with Crippen molar-refractivity contribution in [2.75, 3.05) is 0 Å². The number of rotatable bonds is 1. The Labute approximate surface area is 174 Å². The minimum Gasteiger partial charge on any atom is -0.464 e. The molecule has 148 valence electrons. The number of thiophene rings is 1. The van der Waals surface area contributed by atoms with Gasteiger partial charge in [-0.2, -0.15) is 0 Å². The van der Waals surface area contributed by atoms with Crippen LogP contribution < -0.4 is 9.30 Å². The molecule has 0 unspecified atom stereocenters. The van der Waals surface area contributed by atoms with E-state index in [0.717, 1.165) is 32.9 Å². The van der Waals surface area contributed by atoms with E-state index < -0.39 is 0 Å². The highest BCUT2D eigenvalue weighted by Gasteiger charge is 2.37. The van der Waals surface area contributed by atoms with E-state index in [2.05, 4.69) is 38.5 Å². The van der Waals surface area contributed by atoms with E-state index in [4.69, 9.17) is 14.1 Å². The molecule has 0 saturated heterocycles. The first-order valence-electron chi connectivity index (χ1n) is 10.4. The van der Waals surface area contributed by atoms with E-state index in [-0.39, 0.29) is 0 Å². The zero-order valence-corrected chi connectivity index (χ0v) is 18.2. The molecule has 4 nitrogen and oxygen atoms in total. The average molecular weight is 406 g/mol. The summed E-state index contributed by atoms with van der Waals surface area (Å²) in [5, 5.41) is 2.32. The largest absolute Gasteiger partial charge is 0.464 e. The van der Waals surface area contributed by atoms with E-state index in [9.17, 15) is 0 Å². The van der Waals surface area contributed by atoms with Crippen molar-refractivity contribution in [3.63, 3.8) is 0 Å². The Balaban J connectivity index is 1.60. The molecule has 1 aliphatic heterocycles. The fraction of sp³-hybridized carbons (Fsp3) is 0.417. The summed E-state index contributed by atoms with van der Waals surface area (Å²) < 4.78 is 14.5. The molecule has 1 aromatic carbocycles. The number of aromatic nitrogens is 2. The van der Waals surface area contributed by atoms with Crippen molar-refractivity contribution in [1.82, 2.24) is 4.98 Å². The summed E-state index contributed by atoms with van der Waals surface area (Å²) in [6.07, 6.45) is 8.68. The summed E-state index contributed by atoms with van der Waals surface area (Å²) in [6, 6.07) is 4.10. The van der Waals surface area contributed by atoms with Gasteiger partial charge in [-0.1, -0.05) is 25.2 Å². The van der Waals surface area contributed by atoms with Gasteiger partial charge < -0.3 is 9.15 Å². The predicted octanol–water partition coefficient (Wildman–Crippen LogP) is 6.63. The number of fused-ring (bicyclic) bond motifs is 3. The molecule has 0 N–H and O–H groups in total. The molecule has 0 bridgehead atoms. The summed E-state index contributed by atoms with van der Waals surface area (Å²) in [6.45, 7) is 6.94. The van der Waals surface area contributed by atoms with Crippen LogP contribution in [0.25, 0.3) is 32.4 Å². The highest BCUT2D eigenvalue weighted by Crippen LogP contribution is 2.56. The molecule has 4 aromatic rings. The number of ether oxygens (including phenoxy) is 1. The Hall–Kier alpha value is -2.40. The zero-order chi connectivity index (χ0) is 19.9. The quantitative estimate of drug-likeness (QED) is 0.294. The minimum atomic E-state index is 0.454. The van der Waals surface area contributed by atoms with Crippen molar-refractivity contribution in [1.29, 1.82) is 0 Å². The fourth-order valence-corrected chi connectivity index (χ4v) is 6.40. The summed E-state index contributed by atoms with van der Waals surface area (Å²) in [4.78, 5) is 7.23. The molecule has 2 aliphatic rings. The molecular weight excluding hydrogens is 380 g/mol. The SMILES string of the molecule is Cc1c2c(cc3occc13)Oc1c(C3CCC(C)(C)CC3)sc3nc[n+](C)c-2c13. The molecule has 0 spiro atoms. The van der Waals surface area contributed by atoms with Gasteiger partial charge in [0, 0.05) is 11.5 Å². The Morgan fingerprint density at radius 3 is 2.83 bits per heavy atom. The lowest BCUT2D eigenvalue weighted by molar-refractivity contribution is -0.662. The van der Waals surface area contributed by atoms with Crippen molar-refractivity contribution in [3.8, 4) is 22.8 Å². The van der Waals surface area contributed by atoms with Crippen LogP contribution in [0.2, 0.25) is 0 Å². The van der Waals surface area contributed by atoms with Crippen LogP contribution in [0.5, 0.6) is 11.5 Å². The highest BCUT2D eigenvalue weighted by molar-refractivity contribution is 7.19. The highest BCUT2D eigenvalue weighted by atomic mass is 32.1. The van der Waals surface area contributed by atoms with Gasteiger partial charge >= 0.3 is 0 Å². The first kappa shape index (κ1) is 17.5. The second-order valence-corrected chi connectivity index (χ2v) is 10.5. The Bertz CT molecular complexity index is 1290. The lowest BCUT2D eigenvalue weighted by Gasteiger charge is -2.34. The maximum Gasteiger partial charge on any atom is 0.288 e. The van der Waals surface area contributed by atoms with Gasteiger partial charge in [-0.15, -0.1) is 0 Å². The molecule has 1 fully saturated rings. The van der Waals surface area contributed by atoms with Crippen LogP contribution in [0.1, 0.15) is 55.9 Å². The Morgan fingerprint density at radius 2 is 2.03 bits per heavy atom. The molecule has 6 rings (SSSR count). The molecule has 3 aromatic heterocycles. The third kappa shape index (κ3) is 2.43. The van der Waals surface area contributed by atoms with Crippen LogP contribution in [0.3, 0.4) is 0 Å². The monoisotopic (exact) mass is 405 g/mol. The van der Waals surface area contributed by atoms with Crippen LogP contribution in [0, 0.1) is 12.3 Å². The van der Waals surface area contributed by atoms with Gasteiger partial charge in [-0.3, -0.25) is 0 Å². The number of hydrogen-bond donors (Lipinski definition) is 0. The van der Waals surface area contributed by atoms with Crippen LogP contribution >= 0.6 is 11.3 Å². The maximum absolute atomic E-state index is 6.64. The average Bonchev–Trinajstić information content (AvgIpc) is 3.30. The summed E-state index contributed by atoms with van der Waals surface area (Å²) in [5.41, 5.74) is 4.91. The molecule has 0 atom stereocenters. The van der Waals surface area contributed by atoms with Crippen molar-refractivity contribution < 1.29 is 13.7 Å². The number of nitrogens with zero attached hydrogens (tertiary/aromatic N) is 2. The van der Waals surface area contributed by atoms with Gasteiger partial charge in [-0.05, 0) is 60.6 Å². The molecule has 5 heteroatoms. The summed E-state index contributed by atoms with van der Waals surface area (Å²) in [7, 11) is 2.08. The van der Waals surface area contributed by atoms with Gasteiger partial charge in [-0.25, -0.2) is 4.57 Å². The second kappa shape index (κ2) is 5.82. The minimum absolute atomic E-state index is 0.454. The fourth-order valence-electron chi connectivity index (χ4n) is 5.17. The third-order valence-corrected chi connectivity index (χ3v) is 8.19. The van der Waals surface area contributed by atoms with E-state index in [1.165, 1.54) is 47.2 Å². The number of hydrogen-bond acceptors (Lipinski definition) is 4. The first-order chi connectivity index (χ1) is 13.9. The molecule has 4 heterocycles.